The van der Waals surface area contributed by atoms with Crippen LogP contribution in [0, 0.1) is 0 Å². The molecule has 134 valence electrons. The Hall–Kier alpha value is -0.130. The molecule has 0 heterocycles. The largest absolute Gasteiger partial charge is 0.400 e. The van der Waals surface area contributed by atoms with Crippen LogP contribution in [0.25, 0.3) is 0 Å². The maximum Gasteiger partial charge on any atom is 0.400 e. The van der Waals surface area contributed by atoms with Gasteiger partial charge in [0.2, 0.25) is 0 Å². The predicted molar refractivity (Wildman–Crippen MR) is 92.2 cm³/mol. The Morgan fingerprint density at radius 1 is 0.727 bits per heavy atom. The fourth-order valence-electron chi connectivity index (χ4n) is 2.37. The molecule has 0 atom stereocenters. The summed E-state index contributed by atoms with van der Waals surface area (Å²) in [6, 6.07) is 0. The standard InChI is InChI=1S/C17H36O4S/c1-4-5-6-7-8-9-10-11-12-13-14-15-16-20-22(18,19)21-17(2)3/h17H,4-16H2,1-3H3. The van der Waals surface area contributed by atoms with Crippen molar-refractivity contribution in [3.05, 3.63) is 0 Å². The Bertz CT molecular complexity index is 326. The molecule has 0 aromatic rings. The molecule has 0 fully saturated rings. The maximum absolute atomic E-state index is 11.3. The maximum atomic E-state index is 11.3. The topological polar surface area (TPSA) is 52.6 Å². The van der Waals surface area contributed by atoms with E-state index in [4.69, 9.17) is 8.37 Å². The normalized spacial score (nSPS) is 12.2. The van der Waals surface area contributed by atoms with Crippen LogP contribution >= 0.6 is 0 Å². The van der Waals surface area contributed by atoms with Gasteiger partial charge in [-0.05, 0) is 20.3 Å². The van der Waals surface area contributed by atoms with E-state index in [0.29, 0.717) is 0 Å². The molecule has 5 heteroatoms. The third-order valence-electron chi connectivity index (χ3n) is 3.54. The van der Waals surface area contributed by atoms with E-state index in [2.05, 4.69) is 6.92 Å². The molecule has 0 N–H and O–H groups in total. The summed E-state index contributed by atoms with van der Waals surface area (Å²) >= 11 is 0. The van der Waals surface area contributed by atoms with Gasteiger partial charge in [-0.15, -0.1) is 0 Å². The van der Waals surface area contributed by atoms with Gasteiger partial charge in [0.05, 0.1) is 12.7 Å². The van der Waals surface area contributed by atoms with Crippen LogP contribution in [0.4, 0.5) is 0 Å². The minimum absolute atomic E-state index is 0.229. The van der Waals surface area contributed by atoms with E-state index in [9.17, 15) is 8.42 Å². The van der Waals surface area contributed by atoms with Gasteiger partial charge in [-0.1, -0.05) is 77.6 Å². The molecule has 22 heavy (non-hydrogen) atoms. The van der Waals surface area contributed by atoms with E-state index >= 15 is 0 Å². The molecular weight excluding hydrogens is 300 g/mol. The summed E-state index contributed by atoms with van der Waals surface area (Å²) in [4.78, 5) is 0. The summed E-state index contributed by atoms with van der Waals surface area (Å²) < 4.78 is 32.1. The van der Waals surface area contributed by atoms with Crippen LogP contribution in [0.2, 0.25) is 0 Å². The van der Waals surface area contributed by atoms with Crippen LogP contribution in [-0.2, 0) is 18.8 Å². The Morgan fingerprint density at radius 3 is 1.55 bits per heavy atom. The molecule has 0 amide bonds. The minimum Gasteiger partial charge on any atom is -0.248 e. The molecule has 0 aliphatic rings. The lowest BCUT2D eigenvalue weighted by Gasteiger charge is -2.08. The zero-order valence-corrected chi connectivity index (χ0v) is 15.6. The van der Waals surface area contributed by atoms with Crippen molar-refractivity contribution in [1.82, 2.24) is 0 Å². The Labute approximate surface area is 138 Å². The van der Waals surface area contributed by atoms with Crippen LogP contribution in [-0.4, -0.2) is 21.1 Å². The molecule has 0 radical (unpaired) electrons. The van der Waals surface area contributed by atoms with Crippen molar-refractivity contribution in [2.24, 2.45) is 0 Å². The highest BCUT2D eigenvalue weighted by molar-refractivity contribution is 7.81. The number of hydrogen-bond donors (Lipinski definition) is 0. The van der Waals surface area contributed by atoms with E-state index < -0.39 is 10.4 Å². The van der Waals surface area contributed by atoms with Crippen molar-refractivity contribution in [2.45, 2.75) is 104 Å². The number of rotatable bonds is 16. The first-order valence-electron chi connectivity index (χ1n) is 9.05. The van der Waals surface area contributed by atoms with Crippen molar-refractivity contribution < 1.29 is 16.8 Å². The van der Waals surface area contributed by atoms with Gasteiger partial charge in [-0.2, -0.15) is 8.42 Å². The quantitative estimate of drug-likeness (QED) is 0.355. The van der Waals surface area contributed by atoms with Crippen molar-refractivity contribution in [2.75, 3.05) is 6.61 Å². The lowest BCUT2D eigenvalue weighted by atomic mass is 10.1. The Morgan fingerprint density at radius 2 is 1.14 bits per heavy atom. The van der Waals surface area contributed by atoms with E-state index in [-0.39, 0.29) is 12.7 Å². The first kappa shape index (κ1) is 21.9. The van der Waals surface area contributed by atoms with E-state index in [1.54, 1.807) is 13.8 Å². The van der Waals surface area contributed by atoms with Crippen molar-refractivity contribution in [1.29, 1.82) is 0 Å². The van der Waals surface area contributed by atoms with Gasteiger partial charge >= 0.3 is 10.4 Å². The summed E-state index contributed by atoms with van der Waals surface area (Å²) in [6.45, 7) is 5.82. The highest BCUT2D eigenvalue weighted by atomic mass is 32.3. The summed E-state index contributed by atoms with van der Waals surface area (Å²) in [7, 11) is -3.80. The van der Waals surface area contributed by atoms with Crippen LogP contribution in [0.5, 0.6) is 0 Å². The van der Waals surface area contributed by atoms with Crippen molar-refractivity contribution in [3.8, 4) is 0 Å². The fraction of sp³-hybridized carbons (Fsp3) is 1.00. The van der Waals surface area contributed by atoms with Gasteiger partial charge in [0, 0.05) is 0 Å². The third-order valence-corrected chi connectivity index (χ3v) is 4.61. The van der Waals surface area contributed by atoms with Crippen LogP contribution in [0.15, 0.2) is 0 Å². The summed E-state index contributed by atoms with van der Waals surface area (Å²) in [5.74, 6) is 0. The smallest absolute Gasteiger partial charge is 0.248 e. The SMILES string of the molecule is CCCCCCCCCCCCCCOS(=O)(=O)OC(C)C. The second kappa shape index (κ2) is 14.5. The fourth-order valence-corrected chi connectivity index (χ4v) is 3.22. The predicted octanol–water partition coefficient (Wildman–Crippen LogP) is 5.37. The van der Waals surface area contributed by atoms with Gasteiger partial charge in [0.25, 0.3) is 0 Å². The van der Waals surface area contributed by atoms with Crippen molar-refractivity contribution >= 4 is 10.4 Å². The zero-order valence-electron chi connectivity index (χ0n) is 14.8. The molecule has 0 rings (SSSR count). The monoisotopic (exact) mass is 336 g/mol. The van der Waals surface area contributed by atoms with E-state index in [1.165, 1.54) is 57.8 Å². The third kappa shape index (κ3) is 16.2. The summed E-state index contributed by atoms with van der Waals surface area (Å²) in [6.07, 6.45) is 14.7. The molecule has 0 unspecified atom stereocenters. The van der Waals surface area contributed by atoms with Gasteiger partial charge in [-0.3, -0.25) is 0 Å². The molecule has 4 nitrogen and oxygen atoms in total. The number of unbranched alkanes of at least 4 members (excludes halogenated alkanes) is 11. The van der Waals surface area contributed by atoms with Gasteiger partial charge in [0.1, 0.15) is 0 Å². The first-order valence-corrected chi connectivity index (χ1v) is 10.4. The minimum atomic E-state index is -3.80. The van der Waals surface area contributed by atoms with Gasteiger partial charge < -0.3 is 0 Å². The van der Waals surface area contributed by atoms with Crippen LogP contribution in [0.3, 0.4) is 0 Å². The van der Waals surface area contributed by atoms with Gasteiger partial charge in [0.15, 0.2) is 0 Å². The van der Waals surface area contributed by atoms with E-state index in [1.807, 2.05) is 0 Å². The molecule has 0 aromatic carbocycles. The molecule has 0 spiro atoms. The highest BCUT2D eigenvalue weighted by Crippen LogP contribution is 2.12. The highest BCUT2D eigenvalue weighted by Gasteiger charge is 2.13. The Balaban J connectivity index is 3.24. The number of hydrogen-bond acceptors (Lipinski definition) is 4. The molecule has 0 aromatic heterocycles. The second-order valence-corrected chi connectivity index (χ2v) is 7.51. The molecule has 0 aliphatic carbocycles. The molecule has 0 bridgehead atoms. The lowest BCUT2D eigenvalue weighted by molar-refractivity contribution is 0.176. The first-order chi connectivity index (χ1) is 10.5. The van der Waals surface area contributed by atoms with Gasteiger partial charge in [-0.25, -0.2) is 8.37 Å². The Kier molecular flexibility index (Phi) is 14.4. The van der Waals surface area contributed by atoms with Crippen LogP contribution < -0.4 is 0 Å². The molecule has 0 aliphatic heterocycles. The second-order valence-electron chi connectivity index (χ2n) is 6.26. The summed E-state index contributed by atoms with van der Waals surface area (Å²) in [5.41, 5.74) is 0. The van der Waals surface area contributed by atoms with E-state index in [0.717, 1.165) is 19.3 Å². The average molecular weight is 337 g/mol. The zero-order chi connectivity index (χ0) is 16.7. The molecule has 0 saturated heterocycles. The average Bonchev–Trinajstić information content (AvgIpc) is 2.42. The molecule has 0 saturated carbocycles. The summed E-state index contributed by atoms with van der Waals surface area (Å²) in [5, 5.41) is 0. The van der Waals surface area contributed by atoms with Crippen LogP contribution in [0.1, 0.15) is 97.8 Å². The molecular formula is C17H36O4S. The van der Waals surface area contributed by atoms with Crippen molar-refractivity contribution in [3.63, 3.8) is 0 Å². The lowest BCUT2D eigenvalue weighted by Crippen LogP contribution is -2.15.